The molecule has 2 atom stereocenters. The lowest BCUT2D eigenvalue weighted by Crippen LogP contribution is -2.38. The van der Waals surface area contributed by atoms with Gasteiger partial charge in [0.05, 0.1) is 5.92 Å². The molecule has 1 amide bonds. The zero-order valence-corrected chi connectivity index (χ0v) is 21.5. The third kappa shape index (κ3) is 7.43. The largest absolute Gasteiger partial charge is 0.460 e. The van der Waals surface area contributed by atoms with Gasteiger partial charge in [-0.2, -0.15) is 0 Å². The first-order valence-electron chi connectivity index (χ1n) is 10.8. The van der Waals surface area contributed by atoms with E-state index in [1.165, 1.54) is 11.1 Å². The molecule has 0 saturated carbocycles. The average Bonchev–Trinajstić information content (AvgIpc) is 3.06. The van der Waals surface area contributed by atoms with E-state index in [0.717, 1.165) is 16.4 Å². The van der Waals surface area contributed by atoms with Crippen molar-refractivity contribution in [2.45, 2.75) is 78.9 Å². The Kier molecular flexibility index (Phi) is 8.22. The summed E-state index contributed by atoms with van der Waals surface area (Å²) >= 11 is 2.31. The van der Waals surface area contributed by atoms with Gasteiger partial charge >= 0.3 is 12.1 Å². The lowest BCUT2D eigenvalue weighted by atomic mass is 9.84. The molecular weight excluding hydrogens is 493 g/mol. The smallest absolute Gasteiger partial charge is 0.410 e. The molecule has 168 valence electrons. The molecule has 0 N–H and O–H groups in total. The number of carbonyl (C=O) groups is 2. The minimum absolute atomic E-state index is 0.0509. The summed E-state index contributed by atoms with van der Waals surface area (Å²) in [6.45, 7) is 14.5. The Morgan fingerprint density at radius 2 is 1.73 bits per heavy atom. The lowest BCUT2D eigenvalue weighted by molar-refractivity contribution is -0.161. The van der Waals surface area contributed by atoms with Crippen LogP contribution in [0.3, 0.4) is 0 Å². The fourth-order valence-electron chi connectivity index (χ4n) is 3.79. The molecule has 6 heteroatoms. The molecule has 1 aliphatic heterocycles. The van der Waals surface area contributed by atoms with Crippen LogP contribution in [0, 0.1) is 15.4 Å². The Balaban J connectivity index is 2.24. The van der Waals surface area contributed by atoms with Gasteiger partial charge in [-0.3, -0.25) is 4.79 Å². The number of amides is 1. The van der Waals surface area contributed by atoms with Crippen LogP contribution < -0.4 is 0 Å². The van der Waals surface area contributed by atoms with Crippen molar-refractivity contribution in [2.75, 3.05) is 13.1 Å². The predicted octanol–water partition coefficient (Wildman–Crippen LogP) is 5.61. The van der Waals surface area contributed by atoms with Gasteiger partial charge in [-0.15, -0.1) is 0 Å². The van der Waals surface area contributed by atoms with E-state index in [1.807, 2.05) is 41.5 Å². The summed E-state index contributed by atoms with van der Waals surface area (Å²) in [4.78, 5) is 27.4. The number of benzene rings is 1. The maximum atomic E-state index is 13.2. The third-order valence-corrected chi connectivity index (χ3v) is 5.81. The standard InChI is InChI=1S/C24H36INO4/c1-8-16-9-10-19(25)13-18(16)14-20(21(27)29-23(2,3)4)17-11-12-26(15-17)22(28)30-24(5,6)7/h9-10,13,17,20H,8,11-12,14-15H2,1-7H3/t17-,20-/m0/s1. The van der Waals surface area contributed by atoms with E-state index in [0.29, 0.717) is 19.5 Å². The summed E-state index contributed by atoms with van der Waals surface area (Å²) in [5.74, 6) is -0.422. The van der Waals surface area contributed by atoms with E-state index < -0.39 is 11.2 Å². The maximum Gasteiger partial charge on any atom is 0.410 e. The van der Waals surface area contributed by atoms with Crippen LogP contribution >= 0.6 is 22.6 Å². The van der Waals surface area contributed by atoms with Crippen LogP contribution in [0.2, 0.25) is 0 Å². The number of rotatable bonds is 5. The van der Waals surface area contributed by atoms with E-state index in [-0.39, 0.29) is 23.9 Å². The molecule has 0 unspecified atom stereocenters. The second-order valence-electron chi connectivity index (χ2n) is 10.1. The highest BCUT2D eigenvalue weighted by molar-refractivity contribution is 14.1. The molecule has 0 aliphatic carbocycles. The molecule has 0 aromatic heterocycles. The van der Waals surface area contributed by atoms with Gasteiger partial charge in [0.15, 0.2) is 0 Å². The van der Waals surface area contributed by atoms with Gasteiger partial charge in [0.1, 0.15) is 11.2 Å². The molecule has 2 rings (SSSR count). The van der Waals surface area contributed by atoms with E-state index in [1.54, 1.807) is 4.90 Å². The van der Waals surface area contributed by atoms with Crippen molar-refractivity contribution in [1.29, 1.82) is 0 Å². The zero-order valence-electron chi connectivity index (χ0n) is 19.4. The number of carbonyl (C=O) groups excluding carboxylic acids is 2. The first kappa shape index (κ1) is 25.0. The van der Waals surface area contributed by atoms with Crippen molar-refractivity contribution in [3.63, 3.8) is 0 Å². The minimum Gasteiger partial charge on any atom is -0.460 e. The van der Waals surface area contributed by atoms with Gasteiger partial charge in [0.25, 0.3) is 0 Å². The number of ether oxygens (including phenoxy) is 2. The van der Waals surface area contributed by atoms with Gasteiger partial charge in [-0.05, 0) is 113 Å². The van der Waals surface area contributed by atoms with Gasteiger partial charge in [0.2, 0.25) is 0 Å². The molecule has 1 aliphatic rings. The zero-order chi connectivity index (χ0) is 22.7. The maximum absolute atomic E-state index is 13.2. The van der Waals surface area contributed by atoms with Gasteiger partial charge in [0, 0.05) is 16.7 Å². The van der Waals surface area contributed by atoms with Crippen LogP contribution in [0.5, 0.6) is 0 Å². The van der Waals surface area contributed by atoms with Crippen LogP contribution in [-0.2, 0) is 27.1 Å². The lowest BCUT2D eigenvalue weighted by Gasteiger charge is -2.28. The van der Waals surface area contributed by atoms with E-state index in [2.05, 4.69) is 47.7 Å². The fourth-order valence-corrected chi connectivity index (χ4v) is 4.35. The molecule has 0 radical (unpaired) electrons. The Labute approximate surface area is 195 Å². The number of aryl methyl sites for hydroxylation is 1. The summed E-state index contributed by atoms with van der Waals surface area (Å²) < 4.78 is 12.5. The molecule has 1 saturated heterocycles. The first-order chi connectivity index (χ1) is 13.8. The monoisotopic (exact) mass is 529 g/mol. The minimum atomic E-state index is -0.544. The van der Waals surface area contributed by atoms with Crippen molar-refractivity contribution in [2.24, 2.45) is 11.8 Å². The Morgan fingerprint density at radius 3 is 2.30 bits per heavy atom. The highest BCUT2D eigenvalue weighted by Crippen LogP contribution is 2.32. The van der Waals surface area contributed by atoms with Gasteiger partial charge < -0.3 is 14.4 Å². The molecule has 1 heterocycles. The Bertz CT molecular complexity index is 763. The van der Waals surface area contributed by atoms with E-state index >= 15 is 0 Å². The first-order valence-corrected chi connectivity index (χ1v) is 11.8. The summed E-state index contributed by atoms with van der Waals surface area (Å²) in [7, 11) is 0. The number of likely N-dealkylation sites (tertiary alicyclic amines) is 1. The van der Waals surface area contributed by atoms with Crippen molar-refractivity contribution >= 4 is 34.7 Å². The Hall–Kier alpha value is -1.31. The molecule has 0 spiro atoms. The van der Waals surface area contributed by atoms with Crippen molar-refractivity contribution < 1.29 is 19.1 Å². The van der Waals surface area contributed by atoms with Crippen molar-refractivity contribution in [3.8, 4) is 0 Å². The number of nitrogens with zero attached hydrogens (tertiary/aromatic N) is 1. The highest BCUT2D eigenvalue weighted by atomic mass is 127. The number of halogens is 1. The van der Waals surface area contributed by atoms with Crippen LogP contribution in [0.15, 0.2) is 18.2 Å². The number of hydrogen-bond acceptors (Lipinski definition) is 4. The number of hydrogen-bond donors (Lipinski definition) is 0. The second-order valence-corrected chi connectivity index (χ2v) is 11.3. The molecule has 1 aromatic carbocycles. The topological polar surface area (TPSA) is 55.8 Å². The molecule has 1 aromatic rings. The SMILES string of the molecule is CCc1ccc(I)cc1C[C@H](C(=O)OC(C)(C)C)[C@H]1CCN(C(=O)OC(C)(C)C)C1. The summed E-state index contributed by atoms with van der Waals surface area (Å²) in [6.07, 6.45) is 2.01. The quantitative estimate of drug-likeness (QED) is 0.368. The van der Waals surface area contributed by atoms with Crippen molar-refractivity contribution in [3.05, 3.63) is 32.9 Å². The van der Waals surface area contributed by atoms with Gasteiger partial charge in [-0.1, -0.05) is 13.0 Å². The summed E-state index contributed by atoms with van der Waals surface area (Å²) in [5.41, 5.74) is 1.37. The normalized spacial score (nSPS) is 18.3. The molecule has 30 heavy (non-hydrogen) atoms. The van der Waals surface area contributed by atoms with E-state index in [9.17, 15) is 9.59 Å². The van der Waals surface area contributed by atoms with Crippen LogP contribution in [0.4, 0.5) is 4.79 Å². The van der Waals surface area contributed by atoms with Crippen LogP contribution in [-0.4, -0.2) is 41.3 Å². The fraction of sp³-hybridized carbons (Fsp3) is 0.667. The van der Waals surface area contributed by atoms with Crippen LogP contribution in [0.1, 0.15) is 66.0 Å². The average molecular weight is 529 g/mol. The van der Waals surface area contributed by atoms with Gasteiger partial charge in [-0.25, -0.2) is 4.79 Å². The molecule has 1 fully saturated rings. The number of esters is 1. The molecule has 0 bridgehead atoms. The second kappa shape index (κ2) is 9.88. The van der Waals surface area contributed by atoms with E-state index in [4.69, 9.17) is 9.47 Å². The van der Waals surface area contributed by atoms with Crippen molar-refractivity contribution in [1.82, 2.24) is 4.90 Å². The predicted molar refractivity (Wildman–Crippen MR) is 127 cm³/mol. The third-order valence-electron chi connectivity index (χ3n) is 5.14. The van der Waals surface area contributed by atoms with Crippen LogP contribution in [0.25, 0.3) is 0 Å². The molecule has 5 nitrogen and oxygen atoms in total. The Morgan fingerprint density at radius 1 is 1.10 bits per heavy atom. The highest BCUT2D eigenvalue weighted by Gasteiger charge is 2.39. The molecular formula is C24H36INO4. The summed E-state index contributed by atoms with van der Waals surface area (Å²) in [5, 5.41) is 0. The summed E-state index contributed by atoms with van der Waals surface area (Å²) in [6, 6.07) is 6.41.